The number of rotatable bonds is 10. The molecule has 0 spiro atoms. The highest BCUT2D eigenvalue weighted by Crippen LogP contribution is 2.17. The number of benzene rings is 2. The van der Waals surface area contributed by atoms with Crippen molar-refractivity contribution in [2.45, 2.75) is 51.5 Å². The molecule has 0 fully saturated rings. The zero-order chi connectivity index (χ0) is 21.3. The second-order valence-corrected chi connectivity index (χ2v) is 8.08. The molecule has 0 radical (unpaired) electrons. The fourth-order valence-electron chi connectivity index (χ4n) is 3.60. The highest BCUT2D eigenvalue weighted by Gasteiger charge is 2.07. The molecule has 0 aliphatic heterocycles. The summed E-state index contributed by atoms with van der Waals surface area (Å²) in [6.07, 6.45) is 3.94. The Kier molecular flexibility index (Phi) is 7.97. The average molecular weight is 424 g/mol. The number of hydrogen-bond acceptors (Lipinski definition) is 3. The van der Waals surface area contributed by atoms with Gasteiger partial charge in [-0.25, -0.2) is 0 Å². The molecule has 158 valence electrons. The van der Waals surface area contributed by atoms with Crippen LogP contribution in [0.1, 0.15) is 50.5 Å². The van der Waals surface area contributed by atoms with Gasteiger partial charge in [-0.05, 0) is 55.1 Å². The molecule has 0 saturated carbocycles. The molecule has 3 aromatic rings. The number of nitrogens with zero attached hydrogens (tertiary/aromatic N) is 1. The summed E-state index contributed by atoms with van der Waals surface area (Å²) in [4.78, 5) is 27.8. The van der Waals surface area contributed by atoms with Gasteiger partial charge in [0.2, 0.25) is 5.91 Å². The number of unbranched alkanes of at least 4 members (excludes halogenated alkanes) is 2. The number of aromatic nitrogens is 2. The van der Waals surface area contributed by atoms with Crippen molar-refractivity contribution in [3.63, 3.8) is 0 Å². The van der Waals surface area contributed by atoms with Gasteiger partial charge in [-0.2, -0.15) is 0 Å². The summed E-state index contributed by atoms with van der Waals surface area (Å²) >= 11 is 5.33. The number of amides is 1. The Hall–Kier alpha value is -2.73. The van der Waals surface area contributed by atoms with Gasteiger partial charge in [0.25, 0.3) is 5.56 Å². The van der Waals surface area contributed by atoms with Crippen LogP contribution < -0.4 is 10.9 Å². The molecule has 1 amide bonds. The number of carbonyl (C=O) groups excluding carboxylic acids is 1. The second kappa shape index (κ2) is 10.9. The molecular formula is C24H29N3O2S. The van der Waals surface area contributed by atoms with Crippen molar-refractivity contribution in [2.75, 3.05) is 6.54 Å². The first-order valence-electron chi connectivity index (χ1n) is 10.6. The summed E-state index contributed by atoms with van der Waals surface area (Å²) in [7, 11) is 0. The van der Waals surface area contributed by atoms with Gasteiger partial charge in [0.05, 0.1) is 10.9 Å². The van der Waals surface area contributed by atoms with E-state index in [2.05, 4.69) is 29.4 Å². The van der Waals surface area contributed by atoms with E-state index in [0.717, 1.165) is 31.2 Å². The number of H-pyrrole nitrogens is 1. The van der Waals surface area contributed by atoms with Crippen LogP contribution in [0.3, 0.4) is 0 Å². The van der Waals surface area contributed by atoms with Crippen LogP contribution in [0.2, 0.25) is 0 Å². The lowest BCUT2D eigenvalue weighted by molar-refractivity contribution is -0.121. The minimum Gasteiger partial charge on any atom is -0.356 e. The molecule has 6 heteroatoms. The number of fused-ring (bicyclic) bond motifs is 1. The first-order valence-corrected chi connectivity index (χ1v) is 11.0. The molecule has 2 N–H and O–H groups in total. The Bertz CT molecular complexity index is 1090. The average Bonchev–Trinajstić information content (AvgIpc) is 2.76. The highest BCUT2D eigenvalue weighted by molar-refractivity contribution is 7.71. The van der Waals surface area contributed by atoms with Gasteiger partial charge < -0.3 is 10.3 Å². The fourth-order valence-corrected chi connectivity index (χ4v) is 3.88. The van der Waals surface area contributed by atoms with Crippen LogP contribution in [0, 0.1) is 4.77 Å². The van der Waals surface area contributed by atoms with Gasteiger partial charge in [0, 0.05) is 19.5 Å². The summed E-state index contributed by atoms with van der Waals surface area (Å²) < 4.78 is 2.06. The summed E-state index contributed by atoms with van der Waals surface area (Å²) in [6, 6.07) is 17.8. The topological polar surface area (TPSA) is 66.9 Å². The first kappa shape index (κ1) is 22.0. The molecule has 0 saturated heterocycles. The van der Waals surface area contributed by atoms with Crippen molar-refractivity contribution in [1.29, 1.82) is 0 Å². The quantitative estimate of drug-likeness (QED) is 0.359. The normalized spacial score (nSPS) is 12.0. The molecule has 2 aromatic carbocycles. The highest BCUT2D eigenvalue weighted by atomic mass is 32.1. The molecule has 1 atom stereocenters. The van der Waals surface area contributed by atoms with Crippen LogP contribution in [0.25, 0.3) is 10.9 Å². The van der Waals surface area contributed by atoms with Gasteiger partial charge in [0.1, 0.15) is 0 Å². The van der Waals surface area contributed by atoms with Crippen molar-refractivity contribution in [3.05, 3.63) is 75.3 Å². The van der Waals surface area contributed by atoms with Gasteiger partial charge >= 0.3 is 0 Å². The summed E-state index contributed by atoms with van der Waals surface area (Å²) in [6.45, 7) is 3.44. The minimum atomic E-state index is -0.0559. The van der Waals surface area contributed by atoms with Crippen LogP contribution >= 0.6 is 12.2 Å². The molecule has 30 heavy (non-hydrogen) atoms. The zero-order valence-electron chi connectivity index (χ0n) is 17.4. The van der Waals surface area contributed by atoms with E-state index in [4.69, 9.17) is 12.2 Å². The molecule has 0 aliphatic carbocycles. The predicted molar refractivity (Wildman–Crippen MR) is 124 cm³/mol. The van der Waals surface area contributed by atoms with Crippen LogP contribution in [0.4, 0.5) is 0 Å². The van der Waals surface area contributed by atoms with E-state index in [0.29, 0.717) is 35.6 Å². The lowest BCUT2D eigenvalue weighted by Gasteiger charge is -2.12. The summed E-state index contributed by atoms with van der Waals surface area (Å²) in [5.74, 6) is 0.520. The Balaban J connectivity index is 1.36. The molecule has 5 nitrogen and oxygen atoms in total. The Morgan fingerprint density at radius 3 is 2.60 bits per heavy atom. The van der Waals surface area contributed by atoms with Crippen LogP contribution in [0.15, 0.2) is 59.4 Å². The van der Waals surface area contributed by atoms with E-state index in [-0.39, 0.29) is 11.5 Å². The van der Waals surface area contributed by atoms with Crippen LogP contribution in [-0.2, 0) is 11.3 Å². The molecule has 1 heterocycles. The molecular weight excluding hydrogens is 394 g/mol. The van der Waals surface area contributed by atoms with Crippen molar-refractivity contribution in [3.8, 4) is 0 Å². The largest absolute Gasteiger partial charge is 0.356 e. The maximum Gasteiger partial charge on any atom is 0.262 e. The fraction of sp³-hybridized carbons (Fsp3) is 0.375. The van der Waals surface area contributed by atoms with Gasteiger partial charge in [-0.3, -0.25) is 14.2 Å². The Morgan fingerprint density at radius 2 is 1.80 bits per heavy atom. The minimum absolute atomic E-state index is 0.0559. The summed E-state index contributed by atoms with van der Waals surface area (Å²) in [5.41, 5.74) is 2.01. The van der Waals surface area contributed by atoms with E-state index >= 15 is 0 Å². The van der Waals surface area contributed by atoms with E-state index in [1.807, 2.05) is 42.5 Å². The van der Waals surface area contributed by atoms with Gasteiger partial charge in [0.15, 0.2) is 4.77 Å². The third kappa shape index (κ3) is 5.89. The molecule has 3 rings (SSSR count). The predicted octanol–water partition coefficient (Wildman–Crippen LogP) is 4.93. The maximum atomic E-state index is 12.6. The van der Waals surface area contributed by atoms with Crippen molar-refractivity contribution >= 4 is 29.0 Å². The smallest absolute Gasteiger partial charge is 0.262 e. The molecule has 1 aromatic heterocycles. The van der Waals surface area contributed by atoms with Crippen LogP contribution in [0.5, 0.6) is 0 Å². The second-order valence-electron chi connectivity index (χ2n) is 7.69. The molecule has 0 bridgehead atoms. The number of aromatic amines is 1. The first-order chi connectivity index (χ1) is 14.6. The Labute approximate surface area is 182 Å². The van der Waals surface area contributed by atoms with Crippen molar-refractivity contribution < 1.29 is 4.79 Å². The SMILES string of the molecule is CC(CCNC(=O)CCCCCn1c(=S)[nH]c2ccccc2c1=O)c1ccccc1. The molecule has 0 aliphatic rings. The lowest BCUT2D eigenvalue weighted by atomic mass is 9.98. The van der Waals surface area contributed by atoms with Crippen molar-refractivity contribution in [2.24, 2.45) is 0 Å². The summed E-state index contributed by atoms with van der Waals surface area (Å²) in [5, 5.41) is 3.66. The van der Waals surface area contributed by atoms with E-state index in [1.54, 1.807) is 4.57 Å². The van der Waals surface area contributed by atoms with Gasteiger partial charge in [-0.1, -0.05) is 55.8 Å². The maximum absolute atomic E-state index is 12.6. The van der Waals surface area contributed by atoms with E-state index in [1.165, 1.54) is 5.56 Å². The van der Waals surface area contributed by atoms with E-state index in [9.17, 15) is 9.59 Å². The Morgan fingerprint density at radius 1 is 1.07 bits per heavy atom. The number of nitrogens with one attached hydrogen (secondary N) is 2. The lowest BCUT2D eigenvalue weighted by Crippen LogP contribution is -2.25. The van der Waals surface area contributed by atoms with Gasteiger partial charge in [-0.15, -0.1) is 0 Å². The standard InChI is InChI=1S/C24H29N3O2S/c1-18(19-10-4-2-5-11-19)15-16-25-22(28)14-6-3-9-17-27-23(29)20-12-7-8-13-21(20)26-24(27)30/h2,4-5,7-8,10-13,18H,3,6,9,14-17H2,1H3,(H,25,28)(H,26,30). The number of para-hydroxylation sites is 1. The number of hydrogen-bond donors (Lipinski definition) is 2. The van der Waals surface area contributed by atoms with Crippen LogP contribution in [-0.4, -0.2) is 22.0 Å². The number of carbonyl (C=O) groups is 1. The third-order valence-corrected chi connectivity index (χ3v) is 5.77. The monoisotopic (exact) mass is 423 g/mol. The molecule has 1 unspecified atom stereocenters. The zero-order valence-corrected chi connectivity index (χ0v) is 18.2. The van der Waals surface area contributed by atoms with E-state index < -0.39 is 0 Å². The third-order valence-electron chi connectivity index (χ3n) is 5.44. The van der Waals surface area contributed by atoms with Crippen molar-refractivity contribution in [1.82, 2.24) is 14.9 Å².